The zero-order chi connectivity index (χ0) is 13.1. The molecule has 0 fully saturated rings. The first-order valence-corrected chi connectivity index (χ1v) is 6.20. The van der Waals surface area contributed by atoms with Gasteiger partial charge in [-0.25, -0.2) is 0 Å². The van der Waals surface area contributed by atoms with E-state index < -0.39 is 17.8 Å². The largest absolute Gasteiger partial charge is 0.416 e. The second-order valence-corrected chi connectivity index (χ2v) is 4.75. The van der Waals surface area contributed by atoms with E-state index in [2.05, 4.69) is 15.9 Å². The number of unbranched alkanes of at least 4 members (excludes halogenated alkanes) is 1. The normalized spacial score (nSPS) is 13.8. The molecule has 0 spiro atoms. The number of alkyl halides is 3. The third-order valence-electron chi connectivity index (χ3n) is 2.51. The summed E-state index contributed by atoms with van der Waals surface area (Å²) in [6.07, 6.45) is -3.08. The first kappa shape index (κ1) is 14.5. The minimum atomic E-state index is -4.38. The van der Waals surface area contributed by atoms with Gasteiger partial charge in [-0.15, -0.1) is 0 Å². The predicted octanol–water partition coefficient (Wildman–Crippen LogP) is 4.69. The van der Waals surface area contributed by atoms with Gasteiger partial charge in [-0.1, -0.05) is 35.7 Å². The Kier molecular flexibility index (Phi) is 5.01. The van der Waals surface area contributed by atoms with Crippen molar-refractivity contribution in [2.75, 3.05) is 0 Å². The van der Waals surface area contributed by atoms with Gasteiger partial charge in [0.1, 0.15) is 0 Å². The summed E-state index contributed by atoms with van der Waals surface area (Å²) < 4.78 is 38.1. The number of aliphatic hydroxyl groups is 1. The lowest BCUT2D eigenvalue weighted by Crippen LogP contribution is -2.07. The van der Waals surface area contributed by atoms with Crippen LogP contribution in [0.25, 0.3) is 0 Å². The van der Waals surface area contributed by atoms with Crippen molar-refractivity contribution in [3.8, 4) is 0 Å². The van der Waals surface area contributed by atoms with Crippen molar-refractivity contribution < 1.29 is 18.3 Å². The zero-order valence-electron chi connectivity index (χ0n) is 9.39. The molecule has 0 heterocycles. The van der Waals surface area contributed by atoms with Crippen molar-refractivity contribution in [1.29, 1.82) is 0 Å². The molecule has 17 heavy (non-hydrogen) atoms. The van der Waals surface area contributed by atoms with Gasteiger partial charge in [0, 0.05) is 4.47 Å². The average Bonchev–Trinajstić information content (AvgIpc) is 2.24. The maximum atomic E-state index is 12.5. The van der Waals surface area contributed by atoms with E-state index in [4.69, 9.17) is 0 Å². The molecule has 0 saturated heterocycles. The lowest BCUT2D eigenvalue weighted by atomic mass is 10.0. The van der Waals surface area contributed by atoms with Crippen LogP contribution in [0.1, 0.15) is 43.4 Å². The van der Waals surface area contributed by atoms with Crippen molar-refractivity contribution in [3.05, 3.63) is 33.8 Å². The lowest BCUT2D eigenvalue weighted by molar-refractivity contribution is -0.137. The molecule has 1 atom stereocenters. The Morgan fingerprint density at radius 1 is 1.35 bits per heavy atom. The summed E-state index contributed by atoms with van der Waals surface area (Å²) in [6, 6.07) is 3.33. The Morgan fingerprint density at radius 3 is 2.53 bits per heavy atom. The Balaban J connectivity index is 2.98. The van der Waals surface area contributed by atoms with Crippen molar-refractivity contribution in [1.82, 2.24) is 0 Å². The number of hydrogen-bond donors (Lipinski definition) is 1. The lowest BCUT2D eigenvalue weighted by Gasteiger charge is -2.15. The number of halogens is 4. The second kappa shape index (κ2) is 5.87. The van der Waals surface area contributed by atoms with Gasteiger partial charge in [-0.3, -0.25) is 0 Å². The summed E-state index contributed by atoms with van der Waals surface area (Å²) in [5, 5.41) is 9.83. The molecular weight excluding hydrogens is 297 g/mol. The molecule has 0 amide bonds. The topological polar surface area (TPSA) is 20.2 Å². The minimum absolute atomic E-state index is 0.299. The van der Waals surface area contributed by atoms with E-state index in [-0.39, 0.29) is 0 Å². The van der Waals surface area contributed by atoms with Gasteiger partial charge >= 0.3 is 6.18 Å². The van der Waals surface area contributed by atoms with Gasteiger partial charge in [0.05, 0.1) is 11.7 Å². The Morgan fingerprint density at radius 2 is 2.00 bits per heavy atom. The highest BCUT2D eigenvalue weighted by atomic mass is 79.9. The monoisotopic (exact) mass is 310 g/mol. The van der Waals surface area contributed by atoms with Crippen LogP contribution in [-0.4, -0.2) is 5.11 Å². The van der Waals surface area contributed by atoms with Crippen molar-refractivity contribution in [3.63, 3.8) is 0 Å². The fraction of sp³-hybridized carbons (Fsp3) is 0.500. The molecule has 0 aromatic heterocycles. The highest BCUT2D eigenvalue weighted by Gasteiger charge is 2.31. The smallest absolute Gasteiger partial charge is 0.388 e. The van der Waals surface area contributed by atoms with E-state index >= 15 is 0 Å². The minimum Gasteiger partial charge on any atom is -0.388 e. The molecular formula is C12H14BrF3O. The molecule has 0 saturated carbocycles. The fourth-order valence-electron chi connectivity index (χ4n) is 1.53. The fourth-order valence-corrected chi connectivity index (χ4v) is 2.04. The van der Waals surface area contributed by atoms with Crippen LogP contribution in [-0.2, 0) is 6.18 Å². The molecule has 1 unspecified atom stereocenters. The van der Waals surface area contributed by atoms with E-state index in [0.29, 0.717) is 16.5 Å². The van der Waals surface area contributed by atoms with Crippen molar-refractivity contribution in [2.24, 2.45) is 0 Å². The summed E-state index contributed by atoms with van der Waals surface area (Å²) in [5.41, 5.74) is -0.431. The molecule has 0 bridgehead atoms. The van der Waals surface area contributed by atoms with E-state index in [1.165, 1.54) is 6.07 Å². The van der Waals surface area contributed by atoms with E-state index in [1.54, 1.807) is 0 Å². The predicted molar refractivity (Wildman–Crippen MR) is 63.6 cm³/mol. The number of hydrogen-bond acceptors (Lipinski definition) is 1. The molecule has 1 rings (SSSR count). The number of aliphatic hydroxyl groups excluding tert-OH is 1. The summed E-state index contributed by atoms with van der Waals surface area (Å²) in [6.45, 7) is 1.97. The third-order valence-corrected chi connectivity index (χ3v) is 3.24. The Bertz CT molecular complexity index is 377. The summed E-state index contributed by atoms with van der Waals surface area (Å²) in [7, 11) is 0. The summed E-state index contributed by atoms with van der Waals surface area (Å²) >= 11 is 3.16. The van der Waals surface area contributed by atoms with E-state index in [9.17, 15) is 18.3 Å². The van der Waals surface area contributed by atoms with Gasteiger partial charge in [0.2, 0.25) is 0 Å². The molecule has 0 aliphatic carbocycles. The average molecular weight is 311 g/mol. The van der Waals surface area contributed by atoms with Crippen LogP contribution in [0, 0.1) is 0 Å². The van der Waals surface area contributed by atoms with Crippen LogP contribution in [0.4, 0.5) is 13.2 Å². The van der Waals surface area contributed by atoms with Gasteiger partial charge < -0.3 is 5.11 Å². The molecule has 5 heteroatoms. The summed E-state index contributed by atoms with van der Waals surface area (Å²) in [5.74, 6) is 0. The Labute approximate surface area is 107 Å². The summed E-state index contributed by atoms with van der Waals surface area (Å²) in [4.78, 5) is 0. The first-order chi connectivity index (χ1) is 7.86. The molecule has 96 valence electrons. The first-order valence-electron chi connectivity index (χ1n) is 5.41. The maximum absolute atomic E-state index is 12.5. The third kappa shape index (κ3) is 4.00. The second-order valence-electron chi connectivity index (χ2n) is 3.89. The highest BCUT2D eigenvalue weighted by Crippen LogP contribution is 2.34. The highest BCUT2D eigenvalue weighted by molar-refractivity contribution is 9.10. The van der Waals surface area contributed by atoms with Crippen LogP contribution in [0.5, 0.6) is 0 Å². The van der Waals surface area contributed by atoms with E-state index in [1.807, 2.05) is 6.92 Å². The van der Waals surface area contributed by atoms with Crippen LogP contribution >= 0.6 is 15.9 Å². The van der Waals surface area contributed by atoms with Crippen molar-refractivity contribution >= 4 is 15.9 Å². The number of rotatable bonds is 4. The SMILES string of the molecule is CCCCC(O)c1cc(C(F)(F)F)ccc1Br. The standard InChI is InChI=1S/C12H14BrF3O/c1-2-3-4-11(17)9-7-8(12(14,15)16)5-6-10(9)13/h5-7,11,17H,2-4H2,1H3. The number of benzene rings is 1. The quantitative estimate of drug-likeness (QED) is 0.855. The molecule has 0 aliphatic rings. The molecule has 1 aromatic rings. The molecule has 1 aromatic carbocycles. The van der Waals surface area contributed by atoms with E-state index in [0.717, 1.165) is 25.0 Å². The maximum Gasteiger partial charge on any atom is 0.416 e. The van der Waals surface area contributed by atoms with Crippen LogP contribution in [0.2, 0.25) is 0 Å². The molecule has 1 N–H and O–H groups in total. The van der Waals surface area contributed by atoms with Gasteiger partial charge in [-0.05, 0) is 30.2 Å². The zero-order valence-corrected chi connectivity index (χ0v) is 11.0. The van der Waals surface area contributed by atoms with Gasteiger partial charge in [-0.2, -0.15) is 13.2 Å². The Hall–Kier alpha value is -0.550. The molecule has 0 aliphatic heterocycles. The van der Waals surface area contributed by atoms with Crippen LogP contribution in [0.15, 0.2) is 22.7 Å². The molecule has 1 nitrogen and oxygen atoms in total. The van der Waals surface area contributed by atoms with Crippen LogP contribution in [0.3, 0.4) is 0 Å². The van der Waals surface area contributed by atoms with Crippen molar-refractivity contribution in [2.45, 2.75) is 38.5 Å². The van der Waals surface area contributed by atoms with Crippen LogP contribution < -0.4 is 0 Å². The van der Waals surface area contributed by atoms with Gasteiger partial charge in [0.25, 0.3) is 0 Å². The van der Waals surface area contributed by atoms with Gasteiger partial charge in [0.15, 0.2) is 0 Å². The molecule has 0 radical (unpaired) electrons.